The summed E-state index contributed by atoms with van der Waals surface area (Å²) in [5, 5.41) is 0. The predicted octanol–water partition coefficient (Wildman–Crippen LogP) is 4.81. The van der Waals surface area contributed by atoms with Crippen molar-refractivity contribution in [3.8, 4) is 0 Å². The highest BCUT2D eigenvalue weighted by Gasteiger charge is 2.19. The number of halogens is 1. The molecule has 1 nitrogen and oxygen atoms in total. The molecule has 0 radical (unpaired) electrons. The van der Waals surface area contributed by atoms with Gasteiger partial charge in [-0.1, -0.05) is 31.6 Å². The fourth-order valence-electron chi connectivity index (χ4n) is 2.56. The first-order valence-corrected chi connectivity index (χ1v) is 6.87. The Morgan fingerprint density at radius 2 is 1.74 bits per heavy atom. The Kier molecular flexibility index (Phi) is 4.08. The first kappa shape index (κ1) is 13.9. The van der Waals surface area contributed by atoms with E-state index in [2.05, 4.69) is 18.7 Å². The summed E-state index contributed by atoms with van der Waals surface area (Å²) < 4.78 is 14.2. The molecule has 19 heavy (non-hydrogen) atoms. The quantitative estimate of drug-likeness (QED) is 0.753. The van der Waals surface area contributed by atoms with Crippen molar-refractivity contribution in [1.29, 1.82) is 0 Å². The van der Waals surface area contributed by atoms with E-state index in [1.165, 1.54) is 5.57 Å². The van der Waals surface area contributed by atoms with Gasteiger partial charge in [0.1, 0.15) is 5.83 Å². The molecular formula is C17H22FN. The van der Waals surface area contributed by atoms with E-state index in [1.807, 2.05) is 38.4 Å². The first-order chi connectivity index (χ1) is 9.00. The molecule has 0 aromatic heterocycles. The number of hydrogen-bond acceptors (Lipinski definition) is 1. The van der Waals surface area contributed by atoms with Gasteiger partial charge in [0.15, 0.2) is 0 Å². The zero-order valence-corrected chi connectivity index (χ0v) is 12.2. The maximum atomic E-state index is 14.2. The molecule has 0 atom stereocenters. The normalized spacial score (nSPS) is 15.8. The molecule has 0 saturated carbocycles. The molecule has 0 saturated heterocycles. The van der Waals surface area contributed by atoms with Crippen LogP contribution >= 0.6 is 0 Å². The van der Waals surface area contributed by atoms with Crippen LogP contribution in [0.3, 0.4) is 0 Å². The van der Waals surface area contributed by atoms with E-state index < -0.39 is 0 Å². The maximum absolute atomic E-state index is 14.2. The van der Waals surface area contributed by atoms with Gasteiger partial charge in [-0.3, -0.25) is 0 Å². The molecule has 1 aliphatic carbocycles. The molecule has 1 aromatic rings. The minimum absolute atomic E-state index is 0.0625. The lowest BCUT2D eigenvalue weighted by Crippen LogP contribution is -2.08. The summed E-state index contributed by atoms with van der Waals surface area (Å²) in [6.07, 6.45) is 3.50. The fourth-order valence-corrected chi connectivity index (χ4v) is 2.56. The van der Waals surface area contributed by atoms with Crippen LogP contribution in [0.1, 0.15) is 32.3 Å². The average molecular weight is 259 g/mol. The third kappa shape index (κ3) is 2.89. The molecule has 0 heterocycles. The molecule has 0 aliphatic heterocycles. The van der Waals surface area contributed by atoms with Crippen molar-refractivity contribution in [1.82, 2.24) is 0 Å². The Balaban J connectivity index is 2.45. The predicted molar refractivity (Wildman–Crippen MR) is 81.0 cm³/mol. The third-order valence-corrected chi connectivity index (χ3v) is 3.67. The Morgan fingerprint density at radius 1 is 1.11 bits per heavy atom. The number of anilines is 1. The Morgan fingerprint density at radius 3 is 2.26 bits per heavy atom. The zero-order valence-electron chi connectivity index (χ0n) is 12.2. The Hall–Kier alpha value is -1.57. The van der Waals surface area contributed by atoms with E-state index >= 15 is 0 Å². The molecule has 0 amide bonds. The smallest absolute Gasteiger partial charge is 0.127 e. The molecule has 2 rings (SSSR count). The molecule has 0 fully saturated rings. The summed E-state index contributed by atoms with van der Waals surface area (Å²) in [6.45, 7) is 4.28. The van der Waals surface area contributed by atoms with E-state index in [0.717, 1.165) is 29.7 Å². The van der Waals surface area contributed by atoms with E-state index in [0.29, 0.717) is 5.92 Å². The number of allylic oxidation sites excluding steroid dienone is 4. The van der Waals surface area contributed by atoms with E-state index in [-0.39, 0.29) is 5.83 Å². The van der Waals surface area contributed by atoms with Crippen molar-refractivity contribution >= 4 is 11.3 Å². The van der Waals surface area contributed by atoms with Gasteiger partial charge in [-0.05, 0) is 42.5 Å². The van der Waals surface area contributed by atoms with E-state index in [4.69, 9.17) is 0 Å². The number of benzene rings is 1. The van der Waals surface area contributed by atoms with Crippen LogP contribution in [0.5, 0.6) is 0 Å². The second-order valence-corrected chi connectivity index (χ2v) is 5.59. The Labute approximate surface area is 115 Å². The van der Waals surface area contributed by atoms with Crippen LogP contribution in [-0.2, 0) is 0 Å². The molecule has 1 aromatic carbocycles. The van der Waals surface area contributed by atoms with Gasteiger partial charge in [-0.25, -0.2) is 4.39 Å². The van der Waals surface area contributed by atoms with Crippen LogP contribution in [0, 0.1) is 5.92 Å². The van der Waals surface area contributed by atoms with Crippen LogP contribution in [0.25, 0.3) is 5.57 Å². The Bertz CT molecular complexity index is 507. The topological polar surface area (TPSA) is 3.24 Å². The lowest BCUT2D eigenvalue weighted by Gasteiger charge is -2.22. The van der Waals surface area contributed by atoms with Gasteiger partial charge >= 0.3 is 0 Å². The van der Waals surface area contributed by atoms with Crippen LogP contribution in [0.2, 0.25) is 0 Å². The monoisotopic (exact) mass is 259 g/mol. The SMILES string of the molecule is CC(C)C1=C(c2ccc(N(C)C)cc2)C(F)=CCC1. The van der Waals surface area contributed by atoms with Crippen LogP contribution in [0.15, 0.2) is 41.7 Å². The maximum Gasteiger partial charge on any atom is 0.127 e. The van der Waals surface area contributed by atoms with Crippen LogP contribution < -0.4 is 4.90 Å². The average Bonchev–Trinajstić information content (AvgIpc) is 2.38. The van der Waals surface area contributed by atoms with Gasteiger partial charge in [0.2, 0.25) is 0 Å². The van der Waals surface area contributed by atoms with Crippen molar-refractivity contribution in [3.63, 3.8) is 0 Å². The van der Waals surface area contributed by atoms with E-state index in [9.17, 15) is 4.39 Å². The number of hydrogen-bond donors (Lipinski definition) is 0. The van der Waals surface area contributed by atoms with Crippen molar-refractivity contribution in [2.45, 2.75) is 26.7 Å². The second kappa shape index (κ2) is 5.60. The van der Waals surface area contributed by atoms with E-state index in [1.54, 1.807) is 6.08 Å². The molecule has 1 aliphatic rings. The lowest BCUT2D eigenvalue weighted by atomic mass is 9.85. The van der Waals surface area contributed by atoms with Gasteiger partial charge in [-0.15, -0.1) is 0 Å². The zero-order chi connectivity index (χ0) is 14.0. The molecule has 0 unspecified atom stereocenters. The second-order valence-electron chi connectivity index (χ2n) is 5.59. The van der Waals surface area contributed by atoms with Crippen LogP contribution in [0.4, 0.5) is 10.1 Å². The molecule has 0 N–H and O–H groups in total. The largest absolute Gasteiger partial charge is 0.378 e. The molecule has 0 spiro atoms. The van der Waals surface area contributed by atoms with Gasteiger partial charge in [0.25, 0.3) is 0 Å². The first-order valence-electron chi connectivity index (χ1n) is 6.87. The summed E-state index contributed by atoms with van der Waals surface area (Å²) in [5.74, 6) is 0.329. The van der Waals surface area contributed by atoms with Crippen molar-refractivity contribution in [2.24, 2.45) is 5.92 Å². The molecule has 102 valence electrons. The minimum Gasteiger partial charge on any atom is -0.378 e. The number of nitrogens with zero attached hydrogens (tertiary/aromatic N) is 1. The highest BCUT2D eigenvalue weighted by molar-refractivity contribution is 5.81. The molecular weight excluding hydrogens is 237 g/mol. The lowest BCUT2D eigenvalue weighted by molar-refractivity contribution is 0.634. The van der Waals surface area contributed by atoms with Gasteiger partial charge < -0.3 is 4.90 Å². The van der Waals surface area contributed by atoms with Crippen molar-refractivity contribution in [3.05, 3.63) is 47.3 Å². The van der Waals surface area contributed by atoms with Crippen LogP contribution in [-0.4, -0.2) is 14.1 Å². The standard InChI is InChI=1S/C17H22FN/c1-12(2)15-6-5-7-16(18)17(15)13-8-10-14(11-9-13)19(3)4/h7-12H,5-6H2,1-4H3. The molecule has 2 heteroatoms. The minimum atomic E-state index is -0.0625. The summed E-state index contributed by atoms with van der Waals surface area (Å²) >= 11 is 0. The number of rotatable bonds is 3. The molecule has 0 bridgehead atoms. The fraction of sp³-hybridized carbons (Fsp3) is 0.412. The van der Waals surface area contributed by atoms with Gasteiger partial charge in [-0.2, -0.15) is 0 Å². The van der Waals surface area contributed by atoms with Gasteiger partial charge in [0.05, 0.1) is 0 Å². The van der Waals surface area contributed by atoms with Crippen molar-refractivity contribution < 1.29 is 4.39 Å². The van der Waals surface area contributed by atoms with Gasteiger partial charge in [0, 0.05) is 25.4 Å². The summed E-state index contributed by atoms with van der Waals surface area (Å²) in [7, 11) is 4.02. The highest BCUT2D eigenvalue weighted by atomic mass is 19.1. The van der Waals surface area contributed by atoms with Crippen molar-refractivity contribution in [2.75, 3.05) is 19.0 Å². The highest BCUT2D eigenvalue weighted by Crippen LogP contribution is 2.37. The summed E-state index contributed by atoms with van der Waals surface area (Å²) in [6, 6.07) is 8.13. The summed E-state index contributed by atoms with van der Waals surface area (Å²) in [4.78, 5) is 2.05. The summed E-state index contributed by atoms with van der Waals surface area (Å²) in [5.41, 5.74) is 4.17. The third-order valence-electron chi connectivity index (χ3n) is 3.67.